The van der Waals surface area contributed by atoms with E-state index < -0.39 is 22.8 Å². The molecule has 0 amide bonds. The Morgan fingerprint density at radius 3 is 2.47 bits per heavy atom. The van der Waals surface area contributed by atoms with Crippen LogP contribution in [0.1, 0.15) is 0 Å². The molecule has 0 aromatic heterocycles. The lowest BCUT2D eigenvalue weighted by Gasteiger charge is -2.06. The molecule has 6 heteroatoms. The third-order valence-corrected chi connectivity index (χ3v) is 3.71. The Kier molecular flexibility index (Phi) is 4.44. The number of hydrogen-bond acceptors (Lipinski definition) is 3. The van der Waals surface area contributed by atoms with Crippen molar-refractivity contribution in [2.24, 2.45) is 5.73 Å². The van der Waals surface area contributed by atoms with E-state index in [-0.39, 0.29) is 5.75 Å². The zero-order chi connectivity index (χ0) is 11.4. The summed E-state index contributed by atoms with van der Waals surface area (Å²) in [7, 11) is -1.37. The van der Waals surface area contributed by atoms with Gasteiger partial charge in [-0.15, -0.1) is 0 Å². The topological polar surface area (TPSA) is 80.4 Å². The number of benzene rings is 1. The molecule has 3 N–H and O–H groups in total. The van der Waals surface area contributed by atoms with Gasteiger partial charge in [-0.2, -0.15) is 0 Å². The van der Waals surface area contributed by atoms with E-state index in [0.29, 0.717) is 4.90 Å². The molecule has 2 atom stereocenters. The van der Waals surface area contributed by atoms with Crippen LogP contribution >= 0.6 is 15.9 Å². The van der Waals surface area contributed by atoms with Gasteiger partial charge in [0.25, 0.3) is 0 Å². The molecule has 1 rings (SSSR count). The Hall–Kier alpha value is -0.720. The molecule has 0 fully saturated rings. The van der Waals surface area contributed by atoms with E-state index in [1.54, 1.807) is 24.3 Å². The number of carboxylic acids is 1. The molecule has 0 aliphatic rings. The van der Waals surface area contributed by atoms with Crippen molar-refractivity contribution in [3.05, 3.63) is 28.7 Å². The van der Waals surface area contributed by atoms with Gasteiger partial charge >= 0.3 is 5.97 Å². The van der Waals surface area contributed by atoms with Crippen molar-refractivity contribution in [2.45, 2.75) is 10.9 Å². The predicted octanol–water partition coefficient (Wildman–Crippen LogP) is 0.969. The first-order valence-electron chi connectivity index (χ1n) is 4.13. The second kappa shape index (κ2) is 5.39. The molecule has 1 aromatic rings. The molecule has 4 nitrogen and oxygen atoms in total. The smallest absolute Gasteiger partial charge is 0.321 e. The first kappa shape index (κ1) is 12.4. The van der Waals surface area contributed by atoms with Crippen molar-refractivity contribution in [3.63, 3.8) is 0 Å². The van der Waals surface area contributed by atoms with Crippen LogP contribution < -0.4 is 5.73 Å². The average molecular weight is 292 g/mol. The summed E-state index contributed by atoms with van der Waals surface area (Å²) in [6.45, 7) is 0. The van der Waals surface area contributed by atoms with Gasteiger partial charge in [0, 0.05) is 9.37 Å². The van der Waals surface area contributed by atoms with E-state index in [0.717, 1.165) is 4.47 Å². The Morgan fingerprint density at radius 2 is 2.00 bits per heavy atom. The lowest BCUT2D eigenvalue weighted by Crippen LogP contribution is -2.35. The van der Waals surface area contributed by atoms with Gasteiger partial charge in [0.1, 0.15) is 6.04 Å². The summed E-state index contributed by atoms with van der Waals surface area (Å²) in [5, 5.41) is 8.55. The van der Waals surface area contributed by atoms with E-state index in [1.165, 1.54) is 0 Å². The zero-order valence-corrected chi connectivity index (χ0v) is 10.1. The molecular formula is C9H10BrNO3S. The lowest BCUT2D eigenvalue weighted by atomic mass is 10.4. The highest BCUT2D eigenvalue weighted by Crippen LogP contribution is 2.13. The Morgan fingerprint density at radius 1 is 1.47 bits per heavy atom. The fourth-order valence-corrected chi connectivity index (χ4v) is 2.28. The Labute approximate surface area is 98.1 Å². The summed E-state index contributed by atoms with van der Waals surface area (Å²) in [5.41, 5.74) is 5.28. The highest BCUT2D eigenvalue weighted by atomic mass is 79.9. The molecule has 0 bridgehead atoms. The van der Waals surface area contributed by atoms with Gasteiger partial charge in [0.15, 0.2) is 0 Å². The van der Waals surface area contributed by atoms with Crippen molar-refractivity contribution in [2.75, 3.05) is 5.75 Å². The summed E-state index contributed by atoms with van der Waals surface area (Å²) >= 11 is 3.25. The van der Waals surface area contributed by atoms with Crippen molar-refractivity contribution in [3.8, 4) is 0 Å². The van der Waals surface area contributed by atoms with Gasteiger partial charge in [0.05, 0.1) is 16.6 Å². The van der Waals surface area contributed by atoms with Crippen LogP contribution in [-0.4, -0.2) is 27.1 Å². The third-order valence-electron chi connectivity index (χ3n) is 1.72. The number of carboxylic acid groups (broad SMARTS) is 1. The van der Waals surface area contributed by atoms with Crippen LogP contribution in [0.15, 0.2) is 33.6 Å². The molecule has 0 saturated carbocycles. The second-order valence-corrected chi connectivity index (χ2v) is 5.32. The van der Waals surface area contributed by atoms with Crippen molar-refractivity contribution in [1.29, 1.82) is 0 Å². The molecule has 0 saturated heterocycles. The average Bonchev–Trinajstić information content (AvgIpc) is 2.18. The van der Waals surface area contributed by atoms with Gasteiger partial charge in [-0.1, -0.05) is 15.9 Å². The maximum absolute atomic E-state index is 11.6. The van der Waals surface area contributed by atoms with Crippen LogP contribution in [0.3, 0.4) is 0 Å². The van der Waals surface area contributed by atoms with Gasteiger partial charge in [0.2, 0.25) is 0 Å². The van der Waals surface area contributed by atoms with Crippen molar-refractivity contribution < 1.29 is 14.1 Å². The fourth-order valence-electron chi connectivity index (χ4n) is 0.917. The highest BCUT2D eigenvalue weighted by Gasteiger charge is 2.16. The van der Waals surface area contributed by atoms with Crippen LogP contribution in [0, 0.1) is 0 Å². The quantitative estimate of drug-likeness (QED) is 0.866. The van der Waals surface area contributed by atoms with E-state index in [2.05, 4.69) is 15.9 Å². The number of halogens is 1. The monoisotopic (exact) mass is 291 g/mol. The van der Waals surface area contributed by atoms with Crippen LogP contribution in [0.25, 0.3) is 0 Å². The predicted molar refractivity (Wildman–Crippen MR) is 61.0 cm³/mol. The highest BCUT2D eigenvalue weighted by molar-refractivity contribution is 9.10. The minimum Gasteiger partial charge on any atom is -0.480 e. The standard InChI is InChI=1S/C9H10BrNO3S/c10-6-1-3-7(4-2-6)15(14)5-8(11)9(12)13/h1-4,8H,5,11H2,(H,12,13)/t8-,15?/m0/s1. The summed E-state index contributed by atoms with van der Waals surface area (Å²) in [5.74, 6) is -1.21. The van der Waals surface area contributed by atoms with Crippen LogP contribution in [0.2, 0.25) is 0 Å². The van der Waals surface area contributed by atoms with E-state index in [9.17, 15) is 9.00 Å². The van der Waals surface area contributed by atoms with Crippen molar-refractivity contribution in [1.82, 2.24) is 0 Å². The first-order chi connectivity index (χ1) is 7.00. The normalized spacial score (nSPS) is 14.5. The van der Waals surface area contributed by atoms with E-state index >= 15 is 0 Å². The molecule has 0 aliphatic carbocycles. The van der Waals surface area contributed by atoms with Crippen molar-refractivity contribution >= 4 is 32.7 Å². The first-order valence-corrected chi connectivity index (χ1v) is 6.24. The lowest BCUT2D eigenvalue weighted by molar-refractivity contribution is -0.137. The molecule has 1 unspecified atom stereocenters. The van der Waals surface area contributed by atoms with Gasteiger partial charge in [-0.25, -0.2) is 0 Å². The number of nitrogens with two attached hydrogens (primary N) is 1. The number of carbonyl (C=O) groups is 1. The molecular weight excluding hydrogens is 282 g/mol. The zero-order valence-electron chi connectivity index (χ0n) is 7.72. The molecule has 0 heterocycles. The number of rotatable bonds is 4. The molecule has 1 aromatic carbocycles. The van der Waals surface area contributed by atoms with Crippen LogP contribution in [0.5, 0.6) is 0 Å². The molecule has 15 heavy (non-hydrogen) atoms. The molecule has 0 spiro atoms. The minimum atomic E-state index is -1.37. The van der Waals surface area contributed by atoms with Gasteiger partial charge in [-0.3, -0.25) is 9.00 Å². The molecule has 0 radical (unpaired) electrons. The summed E-state index contributed by atoms with van der Waals surface area (Å²) in [4.78, 5) is 11.0. The maximum Gasteiger partial charge on any atom is 0.321 e. The van der Waals surface area contributed by atoms with E-state index in [4.69, 9.17) is 10.8 Å². The third kappa shape index (κ3) is 3.73. The summed E-state index contributed by atoms with van der Waals surface area (Å²) in [6, 6.07) is 5.76. The number of hydrogen-bond donors (Lipinski definition) is 2. The fraction of sp³-hybridized carbons (Fsp3) is 0.222. The van der Waals surface area contributed by atoms with Gasteiger partial charge in [-0.05, 0) is 24.3 Å². The molecule has 82 valence electrons. The maximum atomic E-state index is 11.6. The largest absolute Gasteiger partial charge is 0.480 e. The van der Waals surface area contributed by atoms with E-state index in [1.807, 2.05) is 0 Å². The minimum absolute atomic E-state index is 0.0725. The Bertz CT molecular complexity index is 379. The van der Waals surface area contributed by atoms with Crippen LogP contribution in [0.4, 0.5) is 0 Å². The van der Waals surface area contributed by atoms with Gasteiger partial charge < -0.3 is 10.8 Å². The summed E-state index contributed by atoms with van der Waals surface area (Å²) < 4.78 is 12.5. The Balaban J connectivity index is 2.69. The second-order valence-electron chi connectivity index (χ2n) is 2.91. The van der Waals surface area contributed by atoms with Crippen LogP contribution in [-0.2, 0) is 15.6 Å². The molecule has 0 aliphatic heterocycles. The SMILES string of the molecule is N[C@@H](CS(=O)c1ccc(Br)cc1)C(=O)O. The summed E-state index contributed by atoms with van der Waals surface area (Å²) in [6.07, 6.45) is 0. The number of aliphatic carboxylic acids is 1.